The zero-order valence-corrected chi connectivity index (χ0v) is 22.8. The van der Waals surface area contributed by atoms with Gasteiger partial charge in [0.2, 0.25) is 0 Å². The van der Waals surface area contributed by atoms with Gasteiger partial charge in [0.1, 0.15) is 5.01 Å². The van der Waals surface area contributed by atoms with Gasteiger partial charge in [-0.2, -0.15) is 0 Å². The SMILES string of the molecule is CC1(O)CC(c2ccc(-c3nc(-c4cnc(N5CCN(CCN)CC5)s4)sc3-c3ccccc3)cc2)C1. The Kier molecular flexibility index (Phi) is 6.86. The molecule has 0 spiro atoms. The topological polar surface area (TPSA) is 78.5 Å². The third kappa shape index (κ3) is 5.22. The Balaban J connectivity index is 1.27. The Hall–Kier alpha value is -2.62. The molecule has 4 aromatic rings. The van der Waals surface area contributed by atoms with Crippen LogP contribution in [0.25, 0.3) is 31.6 Å². The van der Waals surface area contributed by atoms with Crippen LogP contribution in [0.5, 0.6) is 0 Å². The van der Waals surface area contributed by atoms with Gasteiger partial charge < -0.3 is 15.7 Å². The molecule has 3 heterocycles. The summed E-state index contributed by atoms with van der Waals surface area (Å²) in [6.45, 7) is 7.61. The van der Waals surface area contributed by atoms with Crippen LogP contribution in [0.3, 0.4) is 0 Å². The smallest absolute Gasteiger partial charge is 0.186 e. The molecule has 0 amide bonds. The third-order valence-electron chi connectivity index (χ3n) is 7.48. The average molecular weight is 532 g/mol. The van der Waals surface area contributed by atoms with Gasteiger partial charge in [-0.15, -0.1) is 11.3 Å². The fourth-order valence-electron chi connectivity index (χ4n) is 5.41. The minimum Gasteiger partial charge on any atom is -0.390 e. The molecule has 8 heteroatoms. The molecule has 6 nitrogen and oxygen atoms in total. The molecule has 0 radical (unpaired) electrons. The van der Waals surface area contributed by atoms with E-state index in [-0.39, 0.29) is 0 Å². The highest BCUT2D eigenvalue weighted by Gasteiger charge is 2.39. The number of aliphatic hydroxyl groups is 1. The Bertz CT molecular complexity index is 1330. The number of anilines is 1. The molecular weight excluding hydrogens is 498 g/mol. The Labute approximate surface area is 226 Å². The van der Waals surface area contributed by atoms with Gasteiger partial charge in [-0.05, 0) is 36.8 Å². The fourth-order valence-corrected chi connectivity index (χ4v) is 7.51. The Morgan fingerprint density at radius 2 is 1.70 bits per heavy atom. The number of hydrogen-bond acceptors (Lipinski definition) is 8. The lowest BCUT2D eigenvalue weighted by Crippen LogP contribution is -2.47. The van der Waals surface area contributed by atoms with E-state index in [9.17, 15) is 5.11 Å². The molecule has 1 saturated heterocycles. The average Bonchev–Trinajstić information content (AvgIpc) is 3.57. The summed E-state index contributed by atoms with van der Waals surface area (Å²) < 4.78 is 0. The Morgan fingerprint density at radius 1 is 0.973 bits per heavy atom. The lowest BCUT2D eigenvalue weighted by atomic mass is 9.69. The predicted molar refractivity (Wildman–Crippen MR) is 154 cm³/mol. The molecule has 3 N–H and O–H groups in total. The van der Waals surface area contributed by atoms with Crippen LogP contribution in [0.2, 0.25) is 0 Å². The molecule has 2 aromatic heterocycles. The number of nitrogens with zero attached hydrogens (tertiary/aromatic N) is 4. The molecule has 6 rings (SSSR count). The highest BCUT2D eigenvalue weighted by molar-refractivity contribution is 7.25. The van der Waals surface area contributed by atoms with Crippen LogP contribution >= 0.6 is 22.7 Å². The van der Waals surface area contributed by atoms with Gasteiger partial charge in [-0.1, -0.05) is 65.9 Å². The molecular formula is C29H33N5OS2. The van der Waals surface area contributed by atoms with E-state index >= 15 is 0 Å². The van der Waals surface area contributed by atoms with Crippen molar-refractivity contribution in [3.63, 3.8) is 0 Å². The number of hydrogen-bond donors (Lipinski definition) is 2. The fraction of sp³-hybridized carbons (Fsp3) is 0.379. The van der Waals surface area contributed by atoms with Crippen LogP contribution in [0.4, 0.5) is 5.13 Å². The molecule has 0 bridgehead atoms. The third-order valence-corrected chi connectivity index (χ3v) is 9.82. The van der Waals surface area contributed by atoms with Gasteiger partial charge >= 0.3 is 0 Å². The second-order valence-electron chi connectivity index (χ2n) is 10.4. The molecule has 2 aliphatic rings. The van der Waals surface area contributed by atoms with Crippen LogP contribution in [0.15, 0.2) is 60.8 Å². The van der Waals surface area contributed by atoms with Crippen LogP contribution in [0.1, 0.15) is 31.2 Å². The van der Waals surface area contributed by atoms with Crippen molar-refractivity contribution in [2.24, 2.45) is 5.73 Å². The molecule has 1 aliphatic heterocycles. The van der Waals surface area contributed by atoms with Crippen molar-refractivity contribution >= 4 is 27.8 Å². The van der Waals surface area contributed by atoms with Crippen LogP contribution in [-0.4, -0.2) is 64.8 Å². The molecule has 1 saturated carbocycles. The second kappa shape index (κ2) is 10.3. The quantitative estimate of drug-likeness (QED) is 0.337. The zero-order valence-electron chi connectivity index (χ0n) is 21.1. The number of nitrogens with two attached hydrogens (primary N) is 1. The van der Waals surface area contributed by atoms with Gasteiger partial charge in [0.05, 0.1) is 27.2 Å². The lowest BCUT2D eigenvalue weighted by molar-refractivity contribution is -0.0313. The van der Waals surface area contributed by atoms with Crippen LogP contribution in [-0.2, 0) is 0 Å². The van der Waals surface area contributed by atoms with Crippen molar-refractivity contribution in [1.82, 2.24) is 14.9 Å². The summed E-state index contributed by atoms with van der Waals surface area (Å²) in [7, 11) is 0. The van der Waals surface area contributed by atoms with E-state index in [1.54, 1.807) is 22.7 Å². The Morgan fingerprint density at radius 3 is 2.38 bits per heavy atom. The molecule has 1 aliphatic carbocycles. The maximum atomic E-state index is 10.1. The summed E-state index contributed by atoms with van der Waals surface area (Å²) >= 11 is 3.47. The number of piperazine rings is 1. The number of benzene rings is 2. The van der Waals surface area contributed by atoms with Gasteiger partial charge in [0, 0.05) is 44.8 Å². The van der Waals surface area contributed by atoms with E-state index in [2.05, 4.69) is 64.4 Å². The summed E-state index contributed by atoms with van der Waals surface area (Å²) in [5.74, 6) is 0.441. The maximum Gasteiger partial charge on any atom is 0.186 e. The first-order valence-electron chi connectivity index (χ1n) is 13.0. The van der Waals surface area contributed by atoms with Crippen LogP contribution in [0, 0.1) is 0 Å². The normalized spacial score (nSPS) is 22.2. The van der Waals surface area contributed by atoms with Gasteiger partial charge in [-0.3, -0.25) is 4.90 Å². The highest BCUT2D eigenvalue weighted by atomic mass is 32.1. The summed E-state index contributed by atoms with van der Waals surface area (Å²) in [6.07, 6.45) is 3.64. The van der Waals surface area contributed by atoms with Crippen molar-refractivity contribution in [2.45, 2.75) is 31.3 Å². The number of thiazole rings is 2. The van der Waals surface area contributed by atoms with Crippen molar-refractivity contribution in [1.29, 1.82) is 0 Å². The van der Waals surface area contributed by atoms with E-state index in [0.29, 0.717) is 12.5 Å². The summed E-state index contributed by atoms with van der Waals surface area (Å²) in [5, 5.41) is 12.2. The van der Waals surface area contributed by atoms with Gasteiger partial charge in [0.15, 0.2) is 5.13 Å². The van der Waals surface area contributed by atoms with E-state index < -0.39 is 5.60 Å². The first kappa shape index (κ1) is 24.7. The van der Waals surface area contributed by atoms with Gasteiger partial charge in [0.25, 0.3) is 0 Å². The minimum absolute atomic E-state index is 0.441. The molecule has 2 fully saturated rings. The zero-order chi connectivity index (χ0) is 25.4. The van der Waals surface area contributed by atoms with Crippen molar-refractivity contribution < 1.29 is 5.11 Å². The van der Waals surface area contributed by atoms with Crippen molar-refractivity contribution in [2.75, 3.05) is 44.2 Å². The lowest BCUT2D eigenvalue weighted by Gasteiger charge is -2.41. The summed E-state index contributed by atoms with van der Waals surface area (Å²) in [5.41, 5.74) is 9.83. The number of rotatable bonds is 7. The van der Waals surface area contributed by atoms with E-state index in [1.807, 2.05) is 13.1 Å². The van der Waals surface area contributed by atoms with Crippen molar-refractivity contribution in [3.05, 3.63) is 66.4 Å². The first-order chi connectivity index (χ1) is 18.0. The number of aromatic nitrogens is 2. The minimum atomic E-state index is -0.515. The summed E-state index contributed by atoms with van der Waals surface area (Å²) in [6, 6.07) is 19.3. The standard InChI is InChI=1S/C29H33N5OS2/c1-29(35)17-23(18-29)20-7-9-21(10-8-20)25-26(22-5-3-2-4-6-22)37-27(32-25)24-19-31-28(36-24)34-15-13-33(12-11-30)14-16-34/h2-10,19,23,35H,11-18,30H2,1H3. The van der Waals surface area contributed by atoms with Gasteiger partial charge in [-0.25, -0.2) is 9.97 Å². The molecule has 0 unspecified atom stereocenters. The highest BCUT2D eigenvalue weighted by Crippen LogP contribution is 2.46. The first-order valence-corrected chi connectivity index (χ1v) is 14.6. The predicted octanol–water partition coefficient (Wildman–Crippen LogP) is 5.31. The van der Waals surface area contributed by atoms with Crippen LogP contribution < -0.4 is 10.6 Å². The van der Waals surface area contributed by atoms with E-state index in [4.69, 9.17) is 15.7 Å². The molecule has 192 valence electrons. The molecule has 37 heavy (non-hydrogen) atoms. The largest absolute Gasteiger partial charge is 0.390 e. The summed E-state index contributed by atoms with van der Waals surface area (Å²) in [4.78, 5) is 17.0. The van der Waals surface area contributed by atoms with Crippen molar-refractivity contribution in [3.8, 4) is 31.6 Å². The monoisotopic (exact) mass is 531 g/mol. The molecule has 0 atom stereocenters. The van der Waals surface area contributed by atoms with E-state index in [0.717, 1.165) is 71.8 Å². The second-order valence-corrected chi connectivity index (χ2v) is 12.4. The maximum absolute atomic E-state index is 10.1. The molecule has 2 aromatic carbocycles. The van der Waals surface area contributed by atoms with E-state index in [1.165, 1.54) is 16.0 Å².